The van der Waals surface area contributed by atoms with Gasteiger partial charge < -0.3 is 19.1 Å². The van der Waals surface area contributed by atoms with Gasteiger partial charge in [0.25, 0.3) is 5.91 Å². The van der Waals surface area contributed by atoms with Crippen molar-refractivity contribution in [2.24, 2.45) is 5.41 Å². The van der Waals surface area contributed by atoms with E-state index in [1.807, 2.05) is 65.3 Å². The molecule has 1 aliphatic rings. The Kier molecular flexibility index (Phi) is 7.01. The summed E-state index contributed by atoms with van der Waals surface area (Å²) in [5.41, 5.74) is 4.46. The van der Waals surface area contributed by atoms with Gasteiger partial charge in [0.05, 0.1) is 18.4 Å². The Hall–Kier alpha value is -3.54. The van der Waals surface area contributed by atoms with E-state index in [1.165, 1.54) is 0 Å². The summed E-state index contributed by atoms with van der Waals surface area (Å²) in [6, 6.07) is 20.0. The van der Waals surface area contributed by atoms with Gasteiger partial charge in [-0.1, -0.05) is 57.2 Å². The Morgan fingerprint density at radius 1 is 0.886 bits per heavy atom. The van der Waals surface area contributed by atoms with Crippen LogP contribution in [0, 0.1) is 12.3 Å². The van der Waals surface area contributed by atoms with Crippen molar-refractivity contribution in [2.75, 3.05) is 33.3 Å². The number of amides is 2. The molecule has 0 saturated carbocycles. The lowest BCUT2D eigenvalue weighted by molar-refractivity contribution is -0.134. The van der Waals surface area contributed by atoms with Crippen LogP contribution in [0.2, 0.25) is 0 Å². The minimum absolute atomic E-state index is 0.00393. The smallest absolute Gasteiger partial charge is 0.255 e. The van der Waals surface area contributed by atoms with Crippen molar-refractivity contribution in [3.8, 4) is 22.7 Å². The first-order chi connectivity index (χ1) is 16.7. The van der Waals surface area contributed by atoms with E-state index in [2.05, 4.69) is 37.5 Å². The Bertz CT molecular complexity index is 1200. The number of rotatable bonds is 5. The van der Waals surface area contributed by atoms with Gasteiger partial charge in [-0.3, -0.25) is 9.59 Å². The molecule has 0 unspecified atom stereocenters. The molecule has 35 heavy (non-hydrogen) atoms. The van der Waals surface area contributed by atoms with Crippen LogP contribution in [0.25, 0.3) is 16.9 Å². The lowest BCUT2D eigenvalue weighted by Crippen LogP contribution is -2.51. The van der Waals surface area contributed by atoms with Gasteiger partial charge in [-0.05, 0) is 36.1 Å². The van der Waals surface area contributed by atoms with E-state index in [9.17, 15) is 9.59 Å². The number of piperazine rings is 1. The summed E-state index contributed by atoms with van der Waals surface area (Å²) >= 11 is 0. The molecule has 1 aliphatic heterocycles. The third-order valence-corrected chi connectivity index (χ3v) is 6.46. The number of hydrogen-bond donors (Lipinski definition) is 0. The molecule has 1 saturated heterocycles. The largest absolute Gasteiger partial charge is 0.497 e. The van der Waals surface area contributed by atoms with Crippen LogP contribution >= 0.6 is 0 Å². The van der Waals surface area contributed by atoms with Crippen LogP contribution in [0.15, 0.2) is 60.7 Å². The zero-order valence-electron chi connectivity index (χ0n) is 21.4. The van der Waals surface area contributed by atoms with Gasteiger partial charge in [0.15, 0.2) is 0 Å². The minimum atomic E-state index is -0.0436. The lowest BCUT2D eigenvalue weighted by atomic mass is 9.91. The maximum absolute atomic E-state index is 13.7. The molecule has 4 rings (SSSR count). The number of hydrogen-bond acceptors (Lipinski definition) is 3. The summed E-state index contributed by atoms with van der Waals surface area (Å²) in [6.07, 6.45) is 0.518. The van der Waals surface area contributed by atoms with Crippen LogP contribution in [0.4, 0.5) is 0 Å². The van der Waals surface area contributed by atoms with Gasteiger partial charge in [0, 0.05) is 50.0 Å². The highest BCUT2D eigenvalue weighted by atomic mass is 16.5. The van der Waals surface area contributed by atoms with Crippen molar-refractivity contribution >= 4 is 11.8 Å². The topological polar surface area (TPSA) is 54.8 Å². The predicted molar refractivity (Wildman–Crippen MR) is 139 cm³/mol. The fourth-order valence-corrected chi connectivity index (χ4v) is 4.62. The van der Waals surface area contributed by atoms with Crippen molar-refractivity contribution in [2.45, 2.75) is 34.1 Å². The van der Waals surface area contributed by atoms with E-state index in [-0.39, 0.29) is 17.2 Å². The number of nitrogens with zero attached hydrogens (tertiary/aromatic N) is 3. The maximum Gasteiger partial charge on any atom is 0.255 e. The van der Waals surface area contributed by atoms with E-state index < -0.39 is 0 Å². The van der Waals surface area contributed by atoms with Gasteiger partial charge >= 0.3 is 0 Å². The van der Waals surface area contributed by atoms with Crippen LogP contribution in [0.3, 0.4) is 0 Å². The Balaban J connectivity index is 1.63. The molecule has 2 aromatic carbocycles. The minimum Gasteiger partial charge on any atom is -0.497 e. The molecule has 6 nitrogen and oxygen atoms in total. The number of methoxy groups -OCH3 is 1. The third kappa shape index (κ3) is 5.42. The number of carbonyl (C=O) groups excluding carboxylic acids is 2. The molecule has 0 aliphatic carbocycles. The zero-order valence-corrected chi connectivity index (χ0v) is 21.4. The highest BCUT2D eigenvalue weighted by molar-refractivity contribution is 5.97. The summed E-state index contributed by atoms with van der Waals surface area (Å²) in [6.45, 7) is 10.4. The monoisotopic (exact) mass is 473 g/mol. The van der Waals surface area contributed by atoms with Gasteiger partial charge in [-0.15, -0.1) is 0 Å². The summed E-state index contributed by atoms with van der Waals surface area (Å²) in [7, 11) is 1.65. The maximum atomic E-state index is 13.7. The summed E-state index contributed by atoms with van der Waals surface area (Å²) in [5.74, 6) is 0.930. The average Bonchev–Trinajstić information content (AvgIpc) is 3.20. The number of benzene rings is 2. The molecular formula is C29H35N3O3. The molecule has 184 valence electrons. The molecule has 2 heterocycles. The highest BCUT2D eigenvalue weighted by Gasteiger charge is 2.29. The SMILES string of the molecule is COc1cccc(-n2c(-c3ccccc3)cc(C(=O)N3CCN(C(=O)CC(C)(C)C)CC3)c2C)c1. The first-order valence-corrected chi connectivity index (χ1v) is 12.2. The zero-order chi connectivity index (χ0) is 25.2. The average molecular weight is 474 g/mol. The van der Waals surface area contributed by atoms with E-state index in [1.54, 1.807) is 7.11 Å². The fourth-order valence-electron chi connectivity index (χ4n) is 4.62. The van der Waals surface area contributed by atoms with E-state index in [0.717, 1.165) is 28.4 Å². The number of aromatic nitrogens is 1. The van der Waals surface area contributed by atoms with Gasteiger partial charge in [-0.2, -0.15) is 0 Å². The Morgan fingerprint density at radius 2 is 1.54 bits per heavy atom. The van der Waals surface area contributed by atoms with E-state index >= 15 is 0 Å². The Labute approximate surface area is 208 Å². The molecule has 3 aromatic rings. The molecule has 0 spiro atoms. The fraction of sp³-hybridized carbons (Fsp3) is 0.379. The van der Waals surface area contributed by atoms with Crippen LogP contribution in [0.1, 0.15) is 43.2 Å². The summed E-state index contributed by atoms with van der Waals surface area (Å²) in [5, 5.41) is 0. The summed E-state index contributed by atoms with van der Waals surface area (Å²) < 4.78 is 7.57. The second-order valence-corrected chi connectivity index (χ2v) is 10.3. The van der Waals surface area contributed by atoms with Crippen LogP contribution in [0.5, 0.6) is 5.75 Å². The van der Waals surface area contributed by atoms with E-state index in [4.69, 9.17) is 4.74 Å². The first-order valence-electron chi connectivity index (χ1n) is 12.2. The van der Waals surface area contributed by atoms with Crippen LogP contribution in [-0.2, 0) is 4.79 Å². The second-order valence-electron chi connectivity index (χ2n) is 10.3. The normalized spacial score (nSPS) is 14.2. The van der Waals surface area contributed by atoms with Gasteiger partial charge in [0.2, 0.25) is 5.91 Å². The van der Waals surface area contributed by atoms with Crippen molar-refractivity contribution < 1.29 is 14.3 Å². The van der Waals surface area contributed by atoms with Crippen molar-refractivity contribution in [1.29, 1.82) is 0 Å². The van der Waals surface area contributed by atoms with Crippen molar-refractivity contribution in [3.05, 3.63) is 71.9 Å². The first kappa shape index (κ1) is 24.6. The molecule has 0 atom stereocenters. The standard InChI is InChI=1S/C29H35N3O3/c1-21-25(28(34)31-16-14-30(15-17-31)27(33)20-29(2,3)4)19-26(22-10-7-6-8-11-22)32(21)23-12-9-13-24(18-23)35-5/h6-13,18-19H,14-17,20H2,1-5H3. The van der Waals surface area contributed by atoms with Gasteiger partial charge in [0.1, 0.15) is 5.75 Å². The number of carbonyl (C=O) groups is 2. The predicted octanol–water partition coefficient (Wildman–Crippen LogP) is 5.18. The molecule has 1 aromatic heterocycles. The summed E-state index contributed by atoms with van der Waals surface area (Å²) in [4.78, 5) is 30.1. The molecule has 1 fully saturated rings. The molecular weight excluding hydrogens is 438 g/mol. The second kappa shape index (κ2) is 9.98. The van der Waals surface area contributed by atoms with Crippen LogP contribution in [-0.4, -0.2) is 59.5 Å². The van der Waals surface area contributed by atoms with Crippen LogP contribution < -0.4 is 4.74 Å². The molecule has 0 bridgehead atoms. The molecule has 6 heteroatoms. The highest BCUT2D eigenvalue weighted by Crippen LogP contribution is 2.31. The van der Waals surface area contributed by atoms with Gasteiger partial charge in [-0.25, -0.2) is 0 Å². The molecule has 0 N–H and O–H groups in total. The lowest BCUT2D eigenvalue weighted by Gasteiger charge is -2.36. The third-order valence-electron chi connectivity index (χ3n) is 6.46. The molecule has 0 radical (unpaired) electrons. The number of ether oxygens (including phenoxy) is 1. The Morgan fingerprint density at radius 3 is 2.17 bits per heavy atom. The van der Waals surface area contributed by atoms with Crippen molar-refractivity contribution in [3.63, 3.8) is 0 Å². The van der Waals surface area contributed by atoms with Crippen molar-refractivity contribution in [1.82, 2.24) is 14.4 Å². The quantitative estimate of drug-likeness (QED) is 0.513. The van der Waals surface area contributed by atoms with E-state index in [0.29, 0.717) is 38.2 Å². The molecule has 2 amide bonds.